The second-order valence-electron chi connectivity index (χ2n) is 3.54. The lowest BCUT2D eigenvalue weighted by molar-refractivity contribution is 0.628. The van der Waals surface area contributed by atoms with Crippen molar-refractivity contribution in [3.05, 3.63) is 40.6 Å². The van der Waals surface area contributed by atoms with E-state index in [4.69, 9.17) is 17.3 Å². The van der Waals surface area contributed by atoms with Crippen molar-refractivity contribution >= 4 is 33.7 Å². The lowest BCUT2D eigenvalue weighted by atomic mass is 10.2. The molecule has 0 radical (unpaired) electrons. The van der Waals surface area contributed by atoms with Gasteiger partial charge in [0.05, 0.1) is 16.9 Å². The number of thiazole rings is 1. The number of hydrogen-bond acceptors (Lipinski definition) is 3. The maximum Gasteiger partial charge on any atom is 0.206 e. The van der Waals surface area contributed by atoms with Gasteiger partial charge < -0.3 is 5.73 Å². The van der Waals surface area contributed by atoms with Crippen LogP contribution in [0.5, 0.6) is 0 Å². The molecule has 0 amide bonds. The summed E-state index contributed by atoms with van der Waals surface area (Å²) in [6.45, 7) is 0. The summed E-state index contributed by atoms with van der Waals surface area (Å²) in [6, 6.07) is 4.59. The Balaban J connectivity index is 2.26. The quantitative estimate of drug-likeness (QED) is 0.734. The Hall–Kier alpha value is -1.59. The van der Waals surface area contributed by atoms with Gasteiger partial charge in [0, 0.05) is 10.9 Å². The number of hydrogen-bond donors (Lipinski definition) is 1. The Morgan fingerprint density at radius 1 is 1.41 bits per heavy atom. The molecule has 0 saturated heterocycles. The van der Waals surface area contributed by atoms with Gasteiger partial charge in [-0.05, 0) is 18.2 Å². The molecule has 17 heavy (non-hydrogen) atoms. The zero-order valence-corrected chi connectivity index (χ0v) is 10.1. The van der Waals surface area contributed by atoms with Gasteiger partial charge in [0.25, 0.3) is 0 Å². The summed E-state index contributed by atoms with van der Waals surface area (Å²) in [7, 11) is 0. The highest BCUT2D eigenvalue weighted by molar-refractivity contribution is 7.16. The SMILES string of the molecule is Nc1ncc2scc(-c3ccc(F)c(Cl)c3)n12. The van der Waals surface area contributed by atoms with Gasteiger partial charge in [-0.2, -0.15) is 0 Å². The summed E-state index contributed by atoms with van der Waals surface area (Å²) in [5.74, 6) is -0.0165. The van der Waals surface area contributed by atoms with Gasteiger partial charge in [0.2, 0.25) is 5.95 Å². The summed E-state index contributed by atoms with van der Waals surface area (Å²) < 4.78 is 14.9. The Kier molecular flexibility index (Phi) is 2.31. The van der Waals surface area contributed by atoms with E-state index in [0.717, 1.165) is 16.1 Å². The molecular formula is C11H7ClFN3S. The maximum atomic E-state index is 13.1. The minimum absolute atomic E-state index is 0.0977. The molecule has 0 aliphatic carbocycles. The van der Waals surface area contributed by atoms with Crippen LogP contribution in [0.25, 0.3) is 16.1 Å². The van der Waals surface area contributed by atoms with Crippen LogP contribution in [0.15, 0.2) is 29.8 Å². The van der Waals surface area contributed by atoms with E-state index in [1.807, 2.05) is 9.78 Å². The topological polar surface area (TPSA) is 43.3 Å². The number of nitrogens with zero attached hydrogens (tertiary/aromatic N) is 2. The minimum atomic E-state index is -0.430. The first-order valence-corrected chi connectivity index (χ1v) is 6.08. The van der Waals surface area contributed by atoms with Crippen LogP contribution < -0.4 is 5.73 Å². The number of halogens is 2. The fourth-order valence-corrected chi connectivity index (χ4v) is 2.76. The predicted octanol–water partition coefficient (Wildman–Crippen LogP) is 3.44. The largest absolute Gasteiger partial charge is 0.369 e. The molecule has 3 aromatic rings. The van der Waals surface area contributed by atoms with Gasteiger partial charge in [-0.25, -0.2) is 9.37 Å². The highest BCUT2D eigenvalue weighted by Gasteiger charge is 2.11. The van der Waals surface area contributed by atoms with Crippen molar-refractivity contribution < 1.29 is 4.39 Å². The molecule has 0 unspecified atom stereocenters. The van der Waals surface area contributed by atoms with Gasteiger partial charge in [0.15, 0.2) is 0 Å². The second-order valence-corrected chi connectivity index (χ2v) is 4.84. The van der Waals surface area contributed by atoms with Crippen LogP contribution in [0.4, 0.5) is 10.3 Å². The number of imidazole rings is 1. The van der Waals surface area contributed by atoms with Crippen LogP contribution in [0.3, 0.4) is 0 Å². The van der Waals surface area contributed by atoms with Crippen LogP contribution >= 0.6 is 22.9 Å². The highest BCUT2D eigenvalue weighted by Crippen LogP contribution is 2.30. The molecular weight excluding hydrogens is 261 g/mol. The van der Waals surface area contributed by atoms with E-state index < -0.39 is 5.82 Å². The number of nitrogen functional groups attached to an aromatic ring is 1. The van der Waals surface area contributed by atoms with Crippen LogP contribution in [-0.2, 0) is 0 Å². The molecule has 86 valence electrons. The average Bonchev–Trinajstić information content (AvgIpc) is 2.86. The van der Waals surface area contributed by atoms with Crippen molar-refractivity contribution in [3.8, 4) is 11.3 Å². The normalized spacial score (nSPS) is 11.2. The van der Waals surface area contributed by atoms with Gasteiger partial charge in [-0.3, -0.25) is 4.40 Å². The van der Waals surface area contributed by atoms with E-state index in [0.29, 0.717) is 5.95 Å². The zero-order valence-electron chi connectivity index (χ0n) is 8.52. The lowest BCUT2D eigenvalue weighted by Gasteiger charge is -2.02. The first-order chi connectivity index (χ1) is 8.16. The molecule has 0 aliphatic heterocycles. The van der Waals surface area contributed by atoms with E-state index in [1.54, 1.807) is 18.3 Å². The van der Waals surface area contributed by atoms with Crippen LogP contribution in [0.1, 0.15) is 0 Å². The van der Waals surface area contributed by atoms with Crippen molar-refractivity contribution in [1.29, 1.82) is 0 Å². The van der Waals surface area contributed by atoms with E-state index in [2.05, 4.69) is 4.98 Å². The molecule has 1 aromatic carbocycles. The summed E-state index contributed by atoms with van der Waals surface area (Å²) in [5.41, 5.74) is 7.45. The van der Waals surface area contributed by atoms with Gasteiger partial charge in [-0.15, -0.1) is 11.3 Å². The first kappa shape index (κ1) is 10.6. The number of nitrogens with two attached hydrogens (primary N) is 1. The van der Waals surface area contributed by atoms with E-state index in [1.165, 1.54) is 17.4 Å². The predicted molar refractivity (Wildman–Crippen MR) is 67.9 cm³/mol. The van der Waals surface area contributed by atoms with Gasteiger partial charge >= 0.3 is 0 Å². The minimum Gasteiger partial charge on any atom is -0.369 e. The zero-order chi connectivity index (χ0) is 12.0. The molecule has 2 aromatic heterocycles. The third-order valence-electron chi connectivity index (χ3n) is 2.50. The molecule has 0 bridgehead atoms. The summed E-state index contributed by atoms with van der Waals surface area (Å²) >= 11 is 7.29. The Morgan fingerprint density at radius 2 is 2.24 bits per heavy atom. The fourth-order valence-electron chi connectivity index (χ4n) is 1.70. The van der Waals surface area contributed by atoms with Gasteiger partial charge in [-0.1, -0.05) is 11.6 Å². The molecule has 6 heteroatoms. The van der Waals surface area contributed by atoms with Gasteiger partial charge in [0.1, 0.15) is 10.6 Å². The van der Waals surface area contributed by atoms with Crippen molar-refractivity contribution in [2.24, 2.45) is 0 Å². The number of fused-ring (bicyclic) bond motifs is 1. The van der Waals surface area contributed by atoms with Crippen molar-refractivity contribution in [1.82, 2.24) is 9.38 Å². The van der Waals surface area contributed by atoms with Crippen LogP contribution in [0.2, 0.25) is 5.02 Å². The van der Waals surface area contributed by atoms with E-state index >= 15 is 0 Å². The molecule has 2 heterocycles. The molecule has 0 spiro atoms. The first-order valence-electron chi connectivity index (χ1n) is 4.82. The molecule has 3 nitrogen and oxygen atoms in total. The van der Waals surface area contributed by atoms with E-state index in [9.17, 15) is 4.39 Å². The monoisotopic (exact) mass is 267 g/mol. The fraction of sp³-hybridized carbons (Fsp3) is 0. The number of benzene rings is 1. The molecule has 3 rings (SSSR count). The summed E-state index contributed by atoms with van der Waals surface area (Å²) in [6.07, 6.45) is 1.70. The maximum absolute atomic E-state index is 13.1. The molecule has 0 aliphatic rings. The van der Waals surface area contributed by atoms with Crippen LogP contribution in [-0.4, -0.2) is 9.38 Å². The number of anilines is 1. The Labute approximate surface area is 105 Å². The number of aromatic nitrogens is 2. The van der Waals surface area contributed by atoms with Crippen molar-refractivity contribution in [3.63, 3.8) is 0 Å². The van der Waals surface area contributed by atoms with Crippen molar-refractivity contribution in [2.75, 3.05) is 5.73 Å². The molecule has 0 atom stereocenters. The second kappa shape index (κ2) is 3.72. The molecule has 0 fully saturated rings. The number of rotatable bonds is 1. The van der Waals surface area contributed by atoms with E-state index in [-0.39, 0.29) is 5.02 Å². The smallest absolute Gasteiger partial charge is 0.206 e. The third kappa shape index (κ3) is 1.59. The Morgan fingerprint density at radius 3 is 3.00 bits per heavy atom. The Bertz CT molecular complexity index is 704. The summed E-state index contributed by atoms with van der Waals surface area (Å²) in [5, 5.41) is 2.04. The highest BCUT2D eigenvalue weighted by atomic mass is 35.5. The summed E-state index contributed by atoms with van der Waals surface area (Å²) in [4.78, 5) is 4.97. The lowest BCUT2D eigenvalue weighted by Crippen LogP contribution is -1.94. The average molecular weight is 268 g/mol. The van der Waals surface area contributed by atoms with Crippen LogP contribution in [0, 0.1) is 5.82 Å². The standard InChI is InChI=1S/C11H7ClFN3S/c12-7-3-6(1-2-8(7)13)9-5-17-10-4-15-11(14)16(9)10/h1-5H,(H2,14,15). The van der Waals surface area contributed by atoms with Crippen molar-refractivity contribution in [2.45, 2.75) is 0 Å². The molecule has 0 saturated carbocycles. The molecule has 2 N–H and O–H groups in total. The third-order valence-corrected chi connectivity index (χ3v) is 3.66.